The summed E-state index contributed by atoms with van der Waals surface area (Å²) in [5.41, 5.74) is 5.08. The Hall–Kier alpha value is -0.290. The molecule has 15 heavy (non-hydrogen) atoms. The first-order valence-corrected chi connectivity index (χ1v) is 5.21. The van der Waals surface area contributed by atoms with Crippen LogP contribution in [0.2, 0.25) is 0 Å². The summed E-state index contributed by atoms with van der Waals surface area (Å²) < 4.78 is 41.4. The maximum Gasteiger partial charge on any atom is 0.389 e. The topological polar surface area (TPSA) is 35.2 Å². The Bertz CT molecular complexity index is 184. The van der Waals surface area contributed by atoms with Gasteiger partial charge in [0.25, 0.3) is 0 Å². The van der Waals surface area contributed by atoms with E-state index < -0.39 is 24.2 Å². The molecule has 0 fully saturated rings. The molecule has 0 saturated carbocycles. The quantitative estimate of drug-likeness (QED) is 0.757. The molecule has 5 heteroatoms. The highest BCUT2D eigenvalue weighted by molar-refractivity contribution is 4.86. The van der Waals surface area contributed by atoms with Crippen LogP contribution in [-0.4, -0.2) is 24.4 Å². The second-order valence-electron chi connectivity index (χ2n) is 3.86. The van der Waals surface area contributed by atoms with Gasteiger partial charge in [-0.15, -0.1) is 0 Å². The van der Waals surface area contributed by atoms with Gasteiger partial charge in [0.2, 0.25) is 0 Å². The molecular formula is C10H20F3NO. The van der Waals surface area contributed by atoms with Crippen LogP contribution < -0.4 is 5.73 Å². The minimum Gasteiger partial charge on any atom is -0.374 e. The zero-order valence-corrected chi connectivity index (χ0v) is 9.53. The smallest absolute Gasteiger partial charge is 0.374 e. The molecule has 92 valence electrons. The van der Waals surface area contributed by atoms with Gasteiger partial charge in [-0.3, -0.25) is 0 Å². The zero-order valence-electron chi connectivity index (χ0n) is 9.53. The monoisotopic (exact) mass is 227 g/mol. The lowest BCUT2D eigenvalue weighted by atomic mass is 9.90. The van der Waals surface area contributed by atoms with Crippen molar-refractivity contribution in [1.29, 1.82) is 0 Å². The summed E-state index contributed by atoms with van der Waals surface area (Å²) in [7, 11) is 0. The van der Waals surface area contributed by atoms with Crippen molar-refractivity contribution in [3.05, 3.63) is 0 Å². The van der Waals surface area contributed by atoms with Crippen LogP contribution in [0.5, 0.6) is 0 Å². The number of hydrogen-bond acceptors (Lipinski definition) is 2. The molecular weight excluding hydrogens is 207 g/mol. The number of halogens is 3. The van der Waals surface area contributed by atoms with Crippen LogP contribution in [0, 0.1) is 0 Å². The number of hydrogen-bond donors (Lipinski definition) is 1. The fourth-order valence-electron chi connectivity index (χ4n) is 1.43. The third-order valence-electron chi connectivity index (χ3n) is 2.70. The Morgan fingerprint density at radius 3 is 2.13 bits per heavy atom. The van der Waals surface area contributed by atoms with E-state index in [0.717, 1.165) is 0 Å². The predicted octanol–water partition coefficient (Wildman–Crippen LogP) is 2.86. The number of alkyl halides is 3. The lowest BCUT2D eigenvalue weighted by molar-refractivity contribution is -0.140. The van der Waals surface area contributed by atoms with Gasteiger partial charge in [-0.1, -0.05) is 6.92 Å². The molecule has 0 aromatic heterocycles. The highest BCUT2D eigenvalue weighted by atomic mass is 19.4. The summed E-state index contributed by atoms with van der Waals surface area (Å²) in [5, 5.41) is 0. The lowest BCUT2D eigenvalue weighted by Crippen LogP contribution is -2.47. The molecule has 0 aromatic carbocycles. The maximum absolute atomic E-state index is 12.0. The van der Waals surface area contributed by atoms with Crippen molar-refractivity contribution in [1.82, 2.24) is 0 Å². The Labute approximate surface area is 89.0 Å². The number of ether oxygens (including phenoxy) is 1. The van der Waals surface area contributed by atoms with Gasteiger partial charge in [0.1, 0.15) is 0 Å². The minimum atomic E-state index is -4.14. The van der Waals surface area contributed by atoms with Crippen LogP contribution in [0.25, 0.3) is 0 Å². The largest absolute Gasteiger partial charge is 0.389 e. The van der Waals surface area contributed by atoms with Crippen molar-refractivity contribution in [2.45, 2.75) is 57.9 Å². The van der Waals surface area contributed by atoms with E-state index in [0.29, 0.717) is 13.0 Å². The highest BCUT2D eigenvalue weighted by Gasteiger charge is 2.34. The van der Waals surface area contributed by atoms with Crippen molar-refractivity contribution in [2.24, 2.45) is 5.73 Å². The van der Waals surface area contributed by atoms with Gasteiger partial charge in [-0.25, -0.2) is 0 Å². The molecule has 2 nitrogen and oxygen atoms in total. The summed E-state index contributed by atoms with van der Waals surface area (Å²) in [6.45, 7) is 5.90. The summed E-state index contributed by atoms with van der Waals surface area (Å²) >= 11 is 0. The fraction of sp³-hybridized carbons (Fsp3) is 1.00. The summed E-state index contributed by atoms with van der Waals surface area (Å²) in [4.78, 5) is 0. The first-order chi connectivity index (χ1) is 6.75. The SMILES string of the molecule is CCOC(C)(CC)C(N)CCC(F)(F)F. The molecule has 0 spiro atoms. The van der Waals surface area contributed by atoms with Crippen LogP contribution in [0.4, 0.5) is 13.2 Å². The first kappa shape index (κ1) is 14.7. The third kappa shape index (κ3) is 5.37. The van der Waals surface area contributed by atoms with E-state index in [1.54, 1.807) is 6.92 Å². The average molecular weight is 227 g/mol. The van der Waals surface area contributed by atoms with Gasteiger partial charge in [0.05, 0.1) is 5.60 Å². The van der Waals surface area contributed by atoms with Crippen LogP contribution in [0.1, 0.15) is 40.0 Å². The van der Waals surface area contributed by atoms with Crippen LogP contribution in [-0.2, 0) is 4.74 Å². The molecule has 0 saturated heterocycles. The van der Waals surface area contributed by atoms with Crippen LogP contribution in [0.15, 0.2) is 0 Å². The van der Waals surface area contributed by atoms with E-state index in [2.05, 4.69) is 0 Å². The maximum atomic E-state index is 12.0. The van der Waals surface area contributed by atoms with Gasteiger partial charge in [0, 0.05) is 19.1 Å². The molecule has 0 aliphatic rings. The van der Waals surface area contributed by atoms with E-state index in [4.69, 9.17) is 10.5 Å². The van der Waals surface area contributed by atoms with Crippen molar-refractivity contribution in [3.8, 4) is 0 Å². The Morgan fingerprint density at radius 2 is 1.80 bits per heavy atom. The van der Waals surface area contributed by atoms with E-state index in [-0.39, 0.29) is 6.42 Å². The van der Waals surface area contributed by atoms with Gasteiger partial charge >= 0.3 is 6.18 Å². The number of rotatable bonds is 6. The Kier molecular flexibility index (Phi) is 5.59. The normalized spacial score (nSPS) is 18.6. The minimum absolute atomic E-state index is 0.0894. The molecule has 2 atom stereocenters. The predicted molar refractivity (Wildman–Crippen MR) is 53.6 cm³/mol. The molecule has 0 radical (unpaired) electrons. The van der Waals surface area contributed by atoms with Crippen molar-refractivity contribution in [3.63, 3.8) is 0 Å². The highest BCUT2D eigenvalue weighted by Crippen LogP contribution is 2.27. The Morgan fingerprint density at radius 1 is 1.27 bits per heavy atom. The zero-order chi connectivity index (χ0) is 12.1. The molecule has 0 rings (SSSR count). The molecule has 0 aromatic rings. The van der Waals surface area contributed by atoms with Gasteiger partial charge < -0.3 is 10.5 Å². The molecule has 2 unspecified atom stereocenters. The second-order valence-corrected chi connectivity index (χ2v) is 3.86. The van der Waals surface area contributed by atoms with Gasteiger partial charge in [0.15, 0.2) is 0 Å². The summed E-state index contributed by atoms with van der Waals surface area (Å²) in [5.74, 6) is 0. The molecule has 0 aliphatic heterocycles. The molecule has 0 heterocycles. The summed E-state index contributed by atoms with van der Waals surface area (Å²) in [6.07, 6.45) is -4.47. The van der Waals surface area contributed by atoms with Gasteiger partial charge in [-0.05, 0) is 26.7 Å². The standard InChI is InChI=1S/C10H20F3NO/c1-4-9(3,15-5-2)8(14)6-7-10(11,12)13/h8H,4-7,14H2,1-3H3. The summed E-state index contributed by atoms with van der Waals surface area (Å²) in [6, 6.07) is -0.580. The molecule has 0 bridgehead atoms. The third-order valence-corrected chi connectivity index (χ3v) is 2.70. The van der Waals surface area contributed by atoms with E-state index in [1.165, 1.54) is 0 Å². The van der Waals surface area contributed by atoms with Crippen molar-refractivity contribution in [2.75, 3.05) is 6.61 Å². The average Bonchev–Trinajstić information content (AvgIpc) is 2.13. The molecule has 0 aliphatic carbocycles. The molecule has 0 amide bonds. The molecule has 2 N–H and O–H groups in total. The van der Waals surface area contributed by atoms with Crippen molar-refractivity contribution >= 4 is 0 Å². The van der Waals surface area contributed by atoms with Crippen LogP contribution in [0.3, 0.4) is 0 Å². The van der Waals surface area contributed by atoms with E-state index >= 15 is 0 Å². The van der Waals surface area contributed by atoms with E-state index in [9.17, 15) is 13.2 Å². The fourth-order valence-corrected chi connectivity index (χ4v) is 1.43. The van der Waals surface area contributed by atoms with Gasteiger partial charge in [-0.2, -0.15) is 13.2 Å². The van der Waals surface area contributed by atoms with E-state index in [1.807, 2.05) is 13.8 Å². The number of nitrogens with two attached hydrogens (primary N) is 1. The lowest BCUT2D eigenvalue weighted by Gasteiger charge is -2.34. The first-order valence-electron chi connectivity index (χ1n) is 5.21. The van der Waals surface area contributed by atoms with Crippen LogP contribution >= 0.6 is 0 Å². The second kappa shape index (κ2) is 5.70. The Balaban J connectivity index is 4.21. The van der Waals surface area contributed by atoms with Crippen molar-refractivity contribution < 1.29 is 17.9 Å².